The minimum atomic E-state index is -3.27. The van der Waals surface area contributed by atoms with Gasteiger partial charge in [0.25, 0.3) is 0 Å². The Bertz CT molecular complexity index is 616. The van der Waals surface area contributed by atoms with E-state index in [1.54, 1.807) is 30.3 Å². The van der Waals surface area contributed by atoms with E-state index in [4.69, 9.17) is 0 Å². The first-order chi connectivity index (χ1) is 10.9. The Morgan fingerprint density at radius 3 is 2.61 bits per heavy atom. The maximum atomic E-state index is 12.2. The molecule has 1 N–H and O–H groups in total. The van der Waals surface area contributed by atoms with Crippen molar-refractivity contribution in [3.05, 3.63) is 30.3 Å². The van der Waals surface area contributed by atoms with Crippen molar-refractivity contribution in [2.24, 2.45) is 5.92 Å². The molecular formula is C17H26N2O3S. The number of sulfone groups is 1. The molecule has 1 heterocycles. The van der Waals surface area contributed by atoms with Crippen LogP contribution < -0.4 is 5.32 Å². The highest BCUT2D eigenvalue weighted by Crippen LogP contribution is 2.21. The minimum Gasteiger partial charge on any atom is -0.338 e. The Morgan fingerprint density at radius 2 is 1.96 bits per heavy atom. The van der Waals surface area contributed by atoms with Gasteiger partial charge >= 0.3 is 6.03 Å². The van der Waals surface area contributed by atoms with E-state index >= 15 is 0 Å². The van der Waals surface area contributed by atoms with Crippen LogP contribution in [0.25, 0.3) is 0 Å². The molecule has 128 valence electrons. The summed E-state index contributed by atoms with van der Waals surface area (Å²) in [6.45, 7) is 5.43. The number of amides is 2. The second-order valence-electron chi connectivity index (χ2n) is 6.39. The lowest BCUT2D eigenvalue weighted by Gasteiger charge is -2.36. The molecule has 0 radical (unpaired) electrons. The largest absolute Gasteiger partial charge is 0.338 e. The van der Waals surface area contributed by atoms with Crippen LogP contribution in [0.5, 0.6) is 0 Å². The molecule has 0 saturated carbocycles. The van der Waals surface area contributed by atoms with Crippen LogP contribution in [0.2, 0.25) is 0 Å². The number of hydrogen-bond donors (Lipinski definition) is 1. The Morgan fingerprint density at radius 1 is 1.26 bits per heavy atom. The molecule has 0 spiro atoms. The summed E-state index contributed by atoms with van der Waals surface area (Å²) >= 11 is 0. The van der Waals surface area contributed by atoms with Gasteiger partial charge in [-0.2, -0.15) is 0 Å². The van der Waals surface area contributed by atoms with Gasteiger partial charge in [-0.3, -0.25) is 0 Å². The summed E-state index contributed by atoms with van der Waals surface area (Å²) in [5.74, 6) is 0.703. The first-order valence-electron chi connectivity index (χ1n) is 8.22. The van der Waals surface area contributed by atoms with Crippen molar-refractivity contribution < 1.29 is 13.2 Å². The van der Waals surface area contributed by atoms with Gasteiger partial charge in [-0.25, -0.2) is 13.2 Å². The van der Waals surface area contributed by atoms with Gasteiger partial charge in [-0.05, 0) is 44.2 Å². The highest BCUT2D eigenvalue weighted by atomic mass is 32.2. The highest BCUT2D eigenvalue weighted by Gasteiger charge is 2.26. The molecule has 1 aliphatic heterocycles. The van der Waals surface area contributed by atoms with Crippen LogP contribution in [0.15, 0.2) is 35.2 Å². The van der Waals surface area contributed by atoms with Gasteiger partial charge in [0.15, 0.2) is 9.84 Å². The summed E-state index contributed by atoms with van der Waals surface area (Å²) in [5, 5.41) is 2.84. The van der Waals surface area contributed by atoms with Crippen molar-refractivity contribution in [3.8, 4) is 0 Å². The van der Waals surface area contributed by atoms with E-state index < -0.39 is 9.84 Å². The Hall–Kier alpha value is -1.56. The van der Waals surface area contributed by atoms with Gasteiger partial charge in [0.05, 0.1) is 10.6 Å². The first-order valence-corrected chi connectivity index (χ1v) is 9.87. The number of nitrogens with zero attached hydrogens (tertiary/aromatic N) is 1. The summed E-state index contributed by atoms with van der Waals surface area (Å²) in [4.78, 5) is 14.4. The standard InChI is InChI=1S/C17H26N2O3S/c1-14-9-11-19(15(2)13-14)17(20)18-10-6-12-23(21,22)16-7-4-3-5-8-16/h3-5,7-8,14-15H,6,9-13H2,1-2H3,(H,18,20)/t14-,15-/m0/s1. The van der Waals surface area contributed by atoms with Gasteiger partial charge in [0, 0.05) is 19.1 Å². The lowest BCUT2D eigenvalue weighted by atomic mass is 9.94. The summed E-state index contributed by atoms with van der Waals surface area (Å²) in [5.41, 5.74) is 0. The summed E-state index contributed by atoms with van der Waals surface area (Å²) in [6, 6.07) is 8.59. The summed E-state index contributed by atoms with van der Waals surface area (Å²) in [7, 11) is -3.27. The van der Waals surface area contributed by atoms with Crippen LogP contribution in [-0.4, -0.2) is 44.2 Å². The molecule has 2 atom stereocenters. The Labute approximate surface area is 139 Å². The van der Waals surface area contributed by atoms with Gasteiger partial charge in [-0.1, -0.05) is 25.1 Å². The number of likely N-dealkylation sites (tertiary alicyclic amines) is 1. The number of hydrogen-bond acceptors (Lipinski definition) is 3. The van der Waals surface area contributed by atoms with E-state index in [2.05, 4.69) is 19.2 Å². The fourth-order valence-corrected chi connectivity index (χ4v) is 4.35. The normalized spacial score (nSPS) is 21.9. The molecule has 23 heavy (non-hydrogen) atoms. The number of urea groups is 1. The molecule has 1 aliphatic rings. The first kappa shape index (κ1) is 17.8. The van der Waals surface area contributed by atoms with Crippen molar-refractivity contribution in [2.75, 3.05) is 18.8 Å². The Balaban J connectivity index is 1.76. The van der Waals surface area contributed by atoms with Gasteiger partial charge in [0.1, 0.15) is 0 Å². The van der Waals surface area contributed by atoms with Crippen molar-refractivity contribution in [2.45, 2.75) is 44.0 Å². The molecule has 0 aromatic heterocycles. The zero-order valence-corrected chi connectivity index (χ0v) is 14.7. The lowest BCUT2D eigenvalue weighted by molar-refractivity contribution is 0.140. The fourth-order valence-electron chi connectivity index (χ4n) is 3.01. The molecular weight excluding hydrogens is 312 g/mol. The minimum absolute atomic E-state index is 0.0455. The SMILES string of the molecule is C[C@H]1CCN(C(=O)NCCCS(=O)(=O)c2ccccc2)[C@@H](C)C1. The van der Waals surface area contributed by atoms with Crippen molar-refractivity contribution in [1.29, 1.82) is 0 Å². The lowest BCUT2D eigenvalue weighted by Crippen LogP contribution is -2.49. The third-order valence-electron chi connectivity index (χ3n) is 4.37. The maximum absolute atomic E-state index is 12.2. The van der Waals surface area contributed by atoms with Crippen molar-refractivity contribution >= 4 is 15.9 Å². The quantitative estimate of drug-likeness (QED) is 0.840. The fraction of sp³-hybridized carbons (Fsp3) is 0.588. The predicted octanol–water partition coefficient (Wildman–Crippen LogP) is 2.68. The number of rotatable bonds is 5. The van der Waals surface area contributed by atoms with E-state index in [0.717, 1.165) is 19.4 Å². The topological polar surface area (TPSA) is 66.5 Å². The number of carbonyl (C=O) groups excluding carboxylic acids is 1. The average molecular weight is 338 g/mol. The summed E-state index contributed by atoms with van der Waals surface area (Å²) in [6.07, 6.45) is 2.47. The van der Waals surface area contributed by atoms with E-state index in [-0.39, 0.29) is 17.8 Å². The zero-order valence-electron chi connectivity index (χ0n) is 13.9. The predicted molar refractivity (Wildman–Crippen MR) is 91.1 cm³/mol. The molecule has 5 nitrogen and oxygen atoms in total. The van der Waals surface area contributed by atoms with Crippen LogP contribution in [0.4, 0.5) is 4.79 Å². The van der Waals surface area contributed by atoms with Crippen LogP contribution in [0.3, 0.4) is 0 Å². The molecule has 0 aliphatic carbocycles. The van der Waals surface area contributed by atoms with Crippen molar-refractivity contribution in [1.82, 2.24) is 10.2 Å². The van der Waals surface area contributed by atoms with Crippen molar-refractivity contribution in [3.63, 3.8) is 0 Å². The molecule has 1 fully saturated rings. The third kappa shape index (κ3) is 4.96. The van der Waals surface area contributed by atoms with Gasteiger partial charge in [0.2, 0.25) is 0 Å². The molecule has 1 aromatic carbocycles. The molecule has 1 saturated heterocycles. The van der Waals surface area contributed by atoms with Crippen LogP contribution in [0.1, 0.15) is 33.1 Å². The molecule has 0 unspecified atom stereocenters. The Kier molecular flexibility index (Phi) is 6.04. The molecule has 2 rings (SSSR count). The average Bonchev–Trinajstić information content (AvgIpc) is 2.52. The molecule has 0 bridgehead atoms. The van der Waals surface area contributed by atoms with E-state index in [1.165, 1.54) is 0 Å². The zero-order chi connectivity index (χ0) is 16.9. The van der Waals surface area contributed by atoms with Gasteiger partial charge in [-0.15, -0.1) is 0 Å². The number of benzene rings is 1. The summed E-state index contributed by atoms with van der Waals surface area (Å²) < 4.78 is 24.3. The number of carbonyl (C=O) groups is 1. The molecule has 6 heteroatoms. The number of piperidine rings is 1. The third-order valence-corrected chi connectivity index (χ3v) is 6.18. The highest BCUT2D eigenvalue weighted by molar-refractivity contribution is 7.91. The monoisotopic (exact) mass is 338 g/mol. The second kappa shape index (κ2) is 7.81. The van der Waals surface area contributed by atoms with Crippen LogP contribution >= 0.6 is 0 Å². The molecule has 2 amide bonds. The van der Waals surface area contributed by atoms with Crippen LogP contribution in [-0.2, 0) is 9.84 Å². The maximum Gasteiger partial charge on any atom is 0.317 e. The van der Waals surface area contributed by atoms with E-state index in [1.807, 2.05) is 4.90 Å². The van der Waals surface area contributed by atoms with Crippen LogP contribution in [0, 0.1) is 5.92 Å². The second-order valence-corrected chi connectivity index (χ2v) is 8.50. The smallest absolute Gasteiger partial charge is 0.317 e. The molecule has 1 aromatic rings. The van der Waals surface area contributed by atoms with E-state index in [9.17, 15) is 13.2 Å². The van der Waals surface area contributed by atoms with Gasteiger partial charge < -0.3 is 10.2 Å². The number of nitrogens with one attached hydrogen (secondary N) is 1. The van der Waals surface area contributed by atoms with E-state index in [0.29, 0.717) is 23.8 Å².